The quantitative estimate of drug-likeness (QED) is 0.709. The second-order valence-corrected chi connectivity index (χ2v) is 4.25. The molecule has 0 radical (unpaired) electrons. The van der Waals surface area contributed by atoms with E-state index in [0.717, 1.165) is 0 Å². The fourth-order valence-corrected chi connectivity index (χ4v) is 1.97. The Hall–Kier alpha value is -1.27. The first-order valence-corrected chi connectivity index (χ1v) is 6.51. The third kappa shape index (κ3) is 5.38. The molecule has 1 N–H and O–H groups in total. The molecule has 0 bridgehead atoms. The van der Waals surface area contributed by atoms with Crippen molar-refractivity contribution in [2.75, 3.05) is 26.9 Å². The van der Waals surface area contributed by atoms with Gasteiger partial charge in [-0.15, -0.1) is 0 Å². The summed E-state index contributed by atoms with van der Waals surface area (Å²) in [7, 11) is 1.51. The van der Waals surface area contributed by atoms with Gasteiger partial charge in [-0.25, -0.2) is 13.2 Å². The summed E-state index contributed by atoms with van der Waals surface area (Å²) in [5.41, 5.74) is 0.662. The van der Waals surface area contributed by atoms with E-state index < -0.39 is 13.0 Å². The van der Waals surface area contributed by atoms with E-state index in [9.17, 15) is 13.2 Å². The predicted octanol–water partition coefficient (Wildman–Crippen LogP) is 3.16. The first kappa shape index (κ1) is 16.8. The standard InChI is InChI=1S/C14H20F3NO2/c1-3-18-12(6-7-20-9-14(16)17)11-8-10(15)4-5-13(11)19-2/h4-5,8,12,14,18H,3,6-7,9H2,1-2H3. The lowest BCUT2D eigenvalue weighted by Crippen LogP contribution is -2.23. The summed E-state index contributed by atoms with van der Waals surface area (Å²) in [4.78, 5) is 0. The van der Waals surface area contributed by atoms with Gasteiger partial charge >= 0.3 is 0 Å². The van der Waals surface area contributed by atoms with E-state index in [2.05, 4.69) is 5.32 Å². The summed E-state index contributed by atoms with van der Waals surface area (Å²) in [6, 6.07) is 4.05. The second kappa shape index (κ2) is 8.81. The molecule has 0 amide bonds. The van der Waals surface area contributed by atoms with Gasteiger partial charge in [0.05, 0.1) is 7.11 Å². The molecule has 1 rings (SSSR count). The fourth-order valence-electron chi connectivity index (χ4n) is 1.97. The molecule has 20 heavy (non-hydrogen) atoms. The summed E-state index contributed by atoms with van der Waals surface area (Å²) >= 11 is 0. The molecule has 3 nitrogen and oxygen atoms in total. The molecule has 1 atom stereocenters. The number of halogens is 3. The Labute approximate surface area is 117 Å². The average Bonchev–Trinajstić information content (AvgIpc) is 2.42. The Bertz CT molecular complexity index is 402. The van der Waals surface area contributed by atoms with Crippen molar-refractivity contribution in [3.63, 3.8) is 0 Å². The molecule has 0 aromatic heterocycles. The lowest BCUT2D eigenvalue weighted by Gasteiger charge is -2.21. The van der Waals surface area contributed by atoms with Gasteiger partial charge in [0.15, 0.2) is 0 Å². The van der Waals surface area contributed by atoms with Crippen molar-refractivity contribution in [2.45, 2.75) is 25.8 Å². The Morgan fingerprint density at radius 1 is 1.30 bits per heavy atom. The summed E-state index contributed by atoms with van der Waals surface area (Å²) in [6.45, 7) is 2.17. The Balaban J connectivity index is 2.71. The molecule has 0 saturated heterocycles. The van der Waals surface area contributed by atoms with E-state index in [1.807, 2.05) is 6.92 Å². The summed E-state index contributed by atoms with van der Waals surface area (Å²) in [6.07, 6.45) is -2.02. The average molecular weight is 291 g/mol. The van der Waals surface area contributed by atoms with Crippen LogP contribution < -0.4 is 10.1 Å². The van der Waals surface area contributed by atoms with Gasteiger partial charge in [-0.1, -0.05) is 6.92 Å². The highest BCUT2D eigenvalue weighted by molar-refractivity contribution is 5.36. The summed E-state index contributed by atoms with van der Waals surface area (Å²) < 4.78 is 47.4. The SMILES string of the molecule is CCNC(CCOCC(F)F)c1cc(F)ccc1OC. The molecule has 0 aliphatic rings. The lowest BCUT2D eigenvalue weighted by atomic mass is 10.0. The maximum Gasteiger partial charge on any atom is 0.261 e. The van der Waals surface area contributed by atoms with E-state index in [4.69, 9.17) is 9.47 Å². The van der Waals surface area contributed by atoms with Crippen LogP contribution in [0.4, 0.5) is 13.2 Å². The zero-order valence-corrected chi connectivity index (χ0v) is 11.7. The van der Waals surface area contributed by atoms with Crippen LogP contribution in [0.3, 0.4) is 0 Å². The number of benzene rings is 1. The minimum Gasteiger partial charge on any atom is -0.496 e. The zero-order valence-electron chi connectivity index (χ0n) is 11.7. The number of alkyl halides is 2. The highest BCUT2D eigenvalue weighted by atomic mass is 19.3. The molecule has 1 aromatic carbocycles. The minimum absolute atomic E-state index is 0.168. The molecule has 6 heteroatoms. The number of rotatable bonds is 9. The molecule has 114 valence electrons. The van der Waals surface area contributed by atoms with Gasteiger partial charge in [-0.05, 0) is 31.2 Å². The van der Waals surface area contributed by atoms with Crippen molar-refractivity contribution in [3.8, 4) is 5.75 Å². The molecular weight excluding hydrogens is 271 g/mol. The van der Waals surface area contributed by atoms with Crippen LogP contribution in [0.25, 0.3) is 0 Å². The smallest absolute Gasteiger partial charge is 0.261 e. The van der Waals surface area contributed by atoms with Crippen molar-refractivity contribution in [1.29, 1.82) is 0 Å². The molecule has 0 heterocycles. The van der Waals surface area contributed by atoms with Gasteiger partial charge in [0, 0.05) is 18.2 Å². The highest BCUT2D eigenvalue weighted by Gasteiger charge is 2.16. The van der Waals surface area contributed by atoms with E-state index >= 15 is 0 Å². The third-order valence-corrected chi connectivity index (χ3v) is 2.81. The molecule has 0 fully saturated rings. The van der Waals surface area contributed by atoms with E-state index in [1.54, 1.807) is 6.07 Å². The van der Waals surface area contributed by atoms with Crippen molar-refractivity contribution in [3.05, 3.63) is 29.6 Å². The molecule has 0 saturated carbocycles. The van der Waals surface area contributed by atoms with Crippen LogP contribution in [-0.4, -0.2) is 33.3 Å². The largest absolute Gasteiger partial charge is 0.496 e. The van der Waals surface area contributed by atoms with E-state index in [1.165, 1.54) is 19.2 Å². The maximum atomic E-state index is 13.4. The topological polar surface area (TPSA) is 30.5 Å². The van der Waals surface area contributed by atoms with Gasteiger partial charge in [-0.3, -0.25) is 0 Å². The van der Waals surface area contributed by atoms with Crippen molar-refractivity contribution < 1.29 is 22.6 Å². The molecule has 1 unspecified atom stereocenters. The van der Waals surface area contributed by atoms with Crippen LogP contribution in [0.1, 0.15) is 24.9 Å². The highest BCUT2D eigenvalue weighted by Crippen LogP contribution is 2.28. The van der Waals surface area contributed by atoms with Gasteiger partial charge < -0.3 is 14.8 Å². The summed E-state index contributed by atoms with van der Waals surface area (Å²) in [5.74, 6) is 0.198. The van der Waals surface area contributed by atoms with Crippen LogP contribution in [-0.2, 0) is 4.74 Å². The van der Waals surface area contributed by atoms with Crippen LogP contribution in [0.15, 0.2) is 18.2 Å². The van der Waals surface area contributed by atoms with Gasteiger partial charge in [-0.2, -0.15) is 0 Å². The van der Waals surface area contributed by atoms with E-state index in [0.29, 0.717) is 24.3 Å². The van der Waals surface area contributed by atoms with Crippen molar-refractivity contribution >= 4 is 0 Å². The normalized spacial score (nSPS) is 12.7. The predicted molar refractivity (Wildman–Crippen MR) is 70.8 cm³/mol. The van der Waals surface area contributed by atoms with Crippen LogP contribution in [0.5, 0.6) is 5.75 Å². The monoisotopic (exact) mass is 291 g/mol. The van der Waals surface area contributed by atoms with Gasteiger partial charge in [0.25, 0.3) is 6.43 Å². The van der Waals surface area contributed by atoms with Crippen molar-refractivity contribution in [1.82, 2.24) is 5.32 Å². The van der Waals surface area contributed by atoms with Crippen LogP contribution in [0.2, 0.25) is 0 Å². The molecule has 0 aliphatic carbocycles. The summed E-state index contributed by atoms with van der Waals surface area (Å²) in [5, 5.41) is 3.17. The number of hydrogen-bond donors (Lipinski definition) is 1. The first-order valence-electron chi connectivity index (χ1n) is 6.51. The van der Waals surface area contributed by atoms with E-state index in [-0.39, 0.29) is 18.5 Å². The fraction of sp³-hybridized carbons (Fsp3) is 0.571. The molecule has 0 aliphatic heterocycles. The Kier molecular flexibility index (Phi) is 7.40. The number of hydrogen-bond acceptors (Lipinski definition) is 3. The first-order chi connectivity index (χ1) is 9.58. The molecule has 0 spiro atoms. The number of nitrogens with one attached hydrogen (secondary N) is 1. The lowest BCUT2D eigenvalue weighted by molar-refractivity contribution is 0.0143. The Morgan fingerprint density at radius 2 is 2.05 bits per heavy atom. The van der Waals surface area contributed by atoms with Gasteiger partial charge in [0.2, 0.25) is 0 Å². The number of ether oxygens (including phenoxy) is 2. The second-order valence-electron chi connectivity index (χ2n) is 4.25. The Morgan fingerprint density at radius 3 is 2.65 bits per heavy atom. The molecular formula is C14H20F3NO2. The van der Waals surface area contributed by atoms with Crippen LogP contribution in [0, 0.1) is 5.82 Å². The number of methoxy groups -OCH3 is 1. The van der Waals surface area contributed by atoms with Gasteiger partial charge in [0.1, 0.15) is 18.2 Å². The molecule has 1 aromatic rings. The third-order valence-electron chi connectivity index (χ3n) is 2.81. The maximum absolute atomic E-state index is 13.4. The van der Waals surface area contributed by atoms with Crippen molar-refractivity contribution in [2.24, 2.45) is 0 Å². The zero-order chi connectivity index (χ0) is 15.0. The minimum atomic E-state index is -2.48. The van der Waals surface area contributed by atoms with Crippen LogP contribution >= 0.6 is 0 Å².